The molecule has 31 heavy (non-hydrogen) atoms. The molecule has 10 heteroatoms. The Balaban J connectivity index is 1.76. The summed E-state index contributed by atoms with van der Waals surface area (Å²) in [5, 5.41) is 20.3. The first kappa shape index (κ1) is 20.6. The lowest BCUT2D eigenvalue weighted by Gasteiger charge is -2.15. The van der Waals surface area contributed by atoms with E-state index in [1.807, 2.05) is 19.9 Å². The van der Waals surface area contributed by atoms with E-state index in [1.165, 1.54) is 10.8 Å². The molecule has 0 aromatic carbocycles. The zero-order chi connectivity index (χ0) is 22.1. The summed E-state index contributed by atoms with van der Waals surface area (Å²) in [4.78, 5) is 42.7. The molecule has 0 spiro atoms. The van der Waals surface area contributed by atoms with E-state index in [4.69, 9.17) is 0 Å². The van der Waals surface area contributed by atoms with Gasteiger partial charge in [0, 0.05) is 31.5 Å². The Hall–Kier alpha value is -3.69. The van der Waals surface area contributed by atoms with E-state index in [0.717, 1.165) is 22.9 Å². The molecule has 3 aromatic rings. The molecule has 1 saturated carbocycles. The maximum absolute atomic E-state index is 13.2. The fourth-order valence-electron chi connectivity index (χ4n) is 3.35. The van der Waals surface area contributed by atoms with Gasteiger partial charge in [0.05, 0.1) is 6.20 Å². The van der Waals surface area contributed by atoms with Crippen molar-refractivity contribution in [3.05, 3.63) is 57.8 Å². The van der Waals surface area contributed by atoms with Gasteiger partial charge in [-0.2, -0.15) is 9.61 Å². The number of rotatable bonds is 7. The van der Waals surface area contributed by atoms with Crippen LogP contribution in [0, 0.1) is 5.92 Å². The molecule has 0 bridgehead atoms. The minimum absolute atomic E-state index is 0.0204. The minimum atomic E-state index is -0.654. The second-order valence-corrected chi connectivity index (χ2v) is 8.09. The van der Waals surface area contributed by atoms with E-state index >= 15 is 0 Å². The Bertz CT molecular complexity index is 1190. The minimum Gasteiger partial charge on any atom is -0.492 e. The van der Waals surface area contributed by atoms with E-state index in [-0.39, 0.29) is 41.8 Å². The van der Waals surface area contributed by atoms with Crippen LogP contribution in [0.2, 0.25) is 0 Å². The molecule has 0 atom stereocenters. The van der Waals surface area contributed by atoms with Gasteiger partial charge in [-0.1, -0.05) is 19.9 Å². The van der Waals surface area contributed by atoms with Gasteiger partial charge in [0.1, 0.15) is 5.56 Å². The number of carbonyl (C=O) groups excluding carboxylic acids is 2. The second-order valence-electron chi connectivity index (χ2n) is 8.09. The molecule has 0 saturated heterocycles. The molecule has 0 aliphatic heterocycles. The fourth-order valence-corrected chi connectivity index (χ4v) is 3.35. The third kappa shape index (κ3) is 4.14. The molecule has 1 aliphatic rings. The number of hydrogen-bond donors (Lipinski definition) is 3. The molecule has 1 fully saturated rings. The van der Waals surface area contributed by atoms with Crippen LogP contribution < -0.4 is 16.2 Å². The van der Waals surface area contributed by atoms with Gasteiger partial charge in [0.25, 0.3) is 17.4 Å². The Morgan fingerprint density at radius 1 is 1.26 bits per heavy atom. The van der Waals surface area contributed by atoms with Crippen molar-refractivity contribution in [3.8, 4) is 5.88 Å². The molecule has 0 unspecified atom stereocenters. The van der Waals surface area contributed by atoms with Crippen molar-refractivity contribution in [2.45, 2.75) is 45.8 Å². The van der Waals surface area contributed by atoms with Crippen LogP contribution in [-0.2, 0) is 13.1 Å². The normalized spacial score (nSPS) is 13.5. The van der Waals surface area contributed by atoms with Gasteiger partial charge in [-0.25, -0.2) is 0 Å². The maximum Gasteiger partial charge on any atom is 0.270 e. The second kappa shape index (κ2) is 8.21. The number of nitrogens with zero attached hydrogens (tertiary/aromatic N) is 4. The summed E-state index contributed by atoms with van der Waals surface area (Å²) in [5.41, 5.74) is 0.0619. The first-order chi connectivity index (χ1) is 14.9. The quantitative estimate of drug-likeness (QED) is 0.520. The average molecular weight is 424 g/mol. The van der Waals surface area contributed by atoms with Gasteiger partial charge in [0.2, 0.25) is 5.88 Å². The maximum atomic E-state index is 13.2. The smallest absolute Gasteiger partial charge is 0.270 e. The van der Waals surface area contributed by atoms with E-state index in [0.29, 0.717) is 0 Å². The molecule has 162 valence electrons. The van der Waals surface area contributed by atoms with E-state index in [1.54, 1.807) is 18.5 Å². The average Bonchev–Trinajstić information content (AvgIpc) is 3.43. The van der Waals surface area contributed by atoms with Crippen LogP contribution >= 0.6 is 0 Å². The number of hydrogen-bond acceptors (Lipinski definition) is 6. The zero-order valence-electron chi connectivity index (χ0n) is 17.3. The third-order valence-corrected chi connectivity index (χ3v) is 4.99. The van der Waals surface area contributed by atoms with Crippen molar-refractivity contribution in [1.29, 1.82) is 0 Å². The zero-order valence-corrected chi connectivity index (χ0v) is 17.3. The van der Waals surface area contributed by atoms with E-state index < -0.39 is 23.3 Å². The summed E-state index contributed by atoms with van der Waals surface area (Å²) in [7, 11) is 0. The van der Waals surface area contributed by atoms with Crippen LogP contribution in [0.1, 0.15) is 53.0 Å². The molecule has 3 N–H and O–H groups in total. The number of fused-ring (bicyclic) bond motifs is 1. The number of nitrogens with one attached hydrogen (secondary N) is 2. The van der Waals surface area contributed by atoms with Crippen LogP contribution in [0.5, 0.6) is 5.88 Å². The van der Waals surface area contributed by atoms with Crippen molar-refractivity contribution in [2.75, 3.05) is 0 Å². The highest BCUT2D eigenvalue weighted by molar-refractivity contribution is 6.01. The Labute approximate surface area is 177 Å². The molecular formula is C21H24N6O4. The van der Waals surface area contributed by atoms with Gasteiger partial charge >= 0.3 is 0 Å². The van der Waals surface area contributed by atoms with Gasteiger partial charge in [0.15, 0.2) is 11.2 Å². The summed E-state index contributed by atoms with van der Waals surface area (Å²) in [6, 6.07) is 3.62. The van der Waals surface area contributed by atoms with E-state index in [2.05, 4.69) is 20.7 Å². The number of aromatic nitrogens is 4. The monoisotopic (exact) mass is 424 g/mol. The highest BCUT2D eigenvalue weighted by Crippen LogP contribution is 2.23. The Morgan fingerprint density at radius 3 is 2.68 bits per heavy atom. The standard InChI is InChI=1S/C21H24N6O4/c1-12(2)11-26-19-15(17(28)23-9-13-4-3-7-22-8-13)10-24-27(19)21(31)16(20(26)30)18(29)25-14-5-6-14/h3-4,7-8,10,12,14,31H,5-6,9,11H2,1-2H3,(H,23,28)(H,25,29). The van der Waals surface area contributed by atoms with Crippen molar-refractivity contribution in [1.82, 2.24) is 29.8 Å². The predicted octanol–water partition coefficient (Wildman–Crippen LogP) is 1.07. The molecule has 1 aliphatic carbocycles. The Morgan fingerprint density at radius 2 is 2.03 bits per heavy atom. The number of aromatic hydroxyl groups is 1. The predicted molar refractivity (Wildman–Crippen MR) is 112 cm³/mol. The van der Waals surface area contributed by atoms with Crippen molar-refractivity contribution in [2.24, 2.45) is 5.92 Å². The molecule has 3 heterocycles. The summed E-state index contributed by atoms with van der Waals surface area (Å²) in [5.74, 6) is -1.62. The number of pyridine rings is 1. The van der Waals surface area contributed by atoms with E-state index in [9.17, 15) is 19.5 Å². The summed E-state index contributed by atoms with van der Waals surface area (Å²) >= 11 is 0. The summed E-state index contributed by atoms with van der Waals surface area (Å²) in [6.07, 6.45) is 6.25. The lowest BCUT2D eigenvalue weighted by atomic mass is 10.2. The Kier molecular flexibility index (Phi) is 5.45. The molecule has 10 nitrogen and oxygen atoms in total. The van der Waals surface area contributed by atoms with Gasteiger partial charge in [-0.15, -0.1) is 0 Å². The molecule has 3 aromatic heterocycles. The molecule has 4 rings (SSSR count). The molecule has 2 amide bonds. The van der Waals surface area contributed by atoms with Gasteiger partial charge < -0.3 is 15.7 Å². The van der Waals surface area contributed by atoms with Crippen LogP contribution in [-0.4, -0.2) is 42.1 Å². The van der Waals surface area contributed by atoms with Crippen LogP contribution in [0.25, 0.3) is 5.65 Å². The molecule has 0 radical (unpaired) electrons. The van der Waals surface area contributed by atoms with Crippen LogP contribution in [0.15, 0.2) is 35.5 Å². The lowest BCUT2D eigenvalue weighted by molar-refractivity contribution is 0.0940. The number of amides is 2. The lowest BCUT2D eigenvalue weighted by Crippen LogP contribution is -2.36. The molecular weight excluding hydrogens is 400 g/mol. The van der Waals surface area contributed by atoms with Crippen LogP contribution in [0.4, 0.5) is 0 Å². The van der Waals surface area contributed by atoms with Crippen LogP contribution in [0.3, 0.4) is 0 Å². The summed E-state index contributed by atoms with van der Waals surface area (Å²) < 4.78 is 2.41. The highest BCUT2D eigenvalue weighted by atomic mass is 16.3. The third-order valence-electron chi connectivity index (χ3n) is 4.99. The topological polar surface area (TPSA) is 131 Å². The largest absolute Gasteiger partial charge is 0.492 e. The van der Waals surface area contributed by atoms with Gasteiger partial charge in [-0.3, -0.25) is 23.9 Å². The highest BCUT2D eigenvalue weighted by Gasteiger charge is 2.30. The van der Waals surface area contributed by atoms with Crippen molar-refractivity contribution in [3.63, 3.8) is 0 Å². The first-order valence-corrected chi connectivity index (χ1v) is 10.2. The first-order valence-electron chi connectivity index (χ1n) is 10.2. The van der Waals surface area contributed by atoms with Crippen molar-refractivity contribution >= 4 is 17.5 Å². The summed E-state index contributed by atoms with van der Waals surface area (Å²) in [6.45, 7) is 4.32. The van der Waals surface area contributed by atoms with Gasteiger partial charge in [-0.05, 0) is 30.4 Å². The fraction of sp³-hybridized carbons (Fsp3) is 0.381. The SMILES string of the molecule is CC(C)Cn1c(=O)c(C(=O)NC2CC2)c(O)n2ncc(C(=O)NCc3cccnc3)c12. The number of carbonyl (C=O) groups is 2. The van der Waals surface area contributed by atoms with Crippen molar-refractivity contribution < 1.29 is 14.7 Å².